The topological polar surface area (TPSA) is 67.6 Å². The van der Waals surface area contributed by atoms with Crippen molar-refractivity contribution in [2.45, 2.75) is 33.6 Å². The largest absolute Gasteiger partial charge is 0.496 e. The van der Waals surface area contributed by atoms with Crippen LogP contribution in [-0.4, -0.2) is 42.4 Å². The zero-order valence-corrected chi connectivity index (χ0v) is 16.1. The highest BCUT2D eigenvalue weighted by Gasteiger charge is 2.13. The summed E-state index contributed by atoms with van der Waals surface area (Å²) in [6, 6.07) is 3.93. The van der Waals surface area contributed by atoms with Crippen molar-refractivity contribution in [3.05, 3.63) is 41.2 Å². The molecule has 0 amide bonds. The van der Waals surface area contributed by atoms with Crippen molar-refractivity contribution in [1.82, 2.24) is 15.0 Å². The zero-order valence-electron chi connectivity index (χ0n) is 16.1. The Bertz CT molecular complexity index is 728. The predicted octanol–water partition coefficient (Wildman–Crippen LogP) is 3.39. The van der Waals surface area contributed by atoms with Crippen LogP contribution < -0.4 is 9.47 Å². The molecule has 0 aliphatic carbocycles. The molecule has 1 heterocycles. The van der Waals surface area contributed by atoms with Gasteiger partial charge in [-0.25, -0.2) is 4.68 Å². The summed E-state index contributed by atoms with van der Waals surface area (Å²) >= 11 is 0. The van der Waals surface area contributed by atoms with Crippen LogP contribution in [0, 0.1) is 6.92 Å². The maximum absolute atomic E-state index is 6.11. The average Bonchev–Trinajstić information content (AvgIpc) is 3.10. The van der Waals surface area contributed by atoms with E-state index >= 15 is 0 Å². The molecule has 2 rings (SSSR count). The SMILES string of the molecule is C/C=C/c1cc(OC)c(C)cc1OC(C)n1cc(COCCOC)nn1. The Morgan fingerprint density at radius 2 is 2.00 bits per heavy atom. The smallest absolute Gasteiger partial charge is 0.190 e. The lowest BCUT2D eigenvalue weighted by Crippen LogP contribution is -2.13. The molecule has 7 heteroatoms. The first-order valence-electron chi connectivity index (χ1n) is 8.54. The Balaban J connectivity index is 2.08. The van der Waals surface area contributed by atoms with Gasteiger partial charge in [-0.05, 0) is 38.5 Å². The highest BCUT2D eigenvalue weighted by Crippen LogP contribution is 2.31. The minimum absolute atomic E-state index is 0.313. The van der Waals surface area contributed by atoms with Gasteiger partial charge in [-0.15, -0.1) is 5.10 Å². The molecule has 0 saturated heterocycles. The van der Waals surface area contributed by atoms with Crippen LogP contribution in [0.1, 0.15) is 36.9 Å². The highest BCUT2D eigenvalue weighted by atomic mass is 16.5. The van der Waals surface area contributed by atoms with Gasteiger partial charge in [0.15, 0.2) is 6.23 Å². The summed E-state index contributed by atoms with van der Waals surface area (Å²) in [7, 11) is 3.30. The number of rotatable bonds is 10. The van der Waals surface area contributed by atoms with Gasteiger partial charge in [0.25, 0.3) is 0 Å². The lowest BCUT2D eigenvalue weighted by molar-refractivity contribution is 0.0601. The molecule has 0 aliphatic rings. The fraction of sp³-hybridized carbons (Fsp3) is 0.474. The maximum Gasteiger partial charge on any atom is 0.190 e. The molecule has 0 aliphatic heterocycles. The standard InChI is InChI=1S/C19H27N3O4/c1-6-7-16-11-18(24-5)14(2)10-19(16)26-15(3)22-12-17(20-21-22)13-25-9-8-23-4/h6-7,10-12,15H,8-9,13H2,1-5H3/b7-6+. The fourth-order valence-electron chi connectivity index (χ4n) is 2.42. The molecule has 7 nitrogen and oxygen atoms in total. The van der Waals surface area contributed by atoms with Crippen LogP contribution in [0.3, 0.4) is 0 Å². The molecule has 0 N–H and O–H groups in total. The molecule has 0 radical (unpaired) electrons. The Morgan fingerprint density at radius 1 is 1.19 bits per heavy atom. The van der Waals surface area contributed by atoms with E-state index in [0.717, 1.165) is 28.3 Å². The van der Waals surface area contributed by atoms with Gasteiger partial charge in [-0.3, -0.25) is 0 Å². The lowest BCUT2D eigenvalue weighted by Gasteiger charge is -2.18. The van der Waals surface area contributed by atoms with Crippen molar-refractivity contribution in [3.8, 4) is 11.5 Å². The lowest BCUT2D eigenvalue weighted by atomic mass is 10.1. The normalized spacial score (nSPS) is 12.5. The van der Waals surface area contributed by atoms with E-state index in [2.05, 4.69) is 10.3 Å². The van der Waals surface area contributed by atoms with Crippen molar-refractivity contribution < 1.29 is 18.9 Å². The Kier molecular flexibility index (Phi) is 7.62. The van der Waals surface area contributed by atoms with Crippen LogP contribution in [0.4, 0.5) is 0 Å². The number of nitrogens with zero attached hydrogens (tertiary/aromatic N) is 3. The first-order valence-corrected chi connectivity index (χ1v) is 8.54. The molecule has 0 fully saturated rings. The van der Waals surface area contributed by atoms with E-state index in [0.29, 0.717) is 19.8 Å². The number of hydrogen-bond donors (Lipinski definition) is 0. The number of allylic oxidation sites excluding steroid dienone is 1. The molecular formula is C19H27N3O4. The zero-order chi connectivity index (χ0) is 18.9. The van der Waals surface area contributed by atoms with E-state index in [1.807, 2.05) is 51.3 Å². The van der Waals surface area contributed by atoms with Crippen LogP contribution in [0.25, 0.3) is 6.08 Å². The number of methoxy groups -OCH3 is 2. The predicted molar refractivity (Wildman–Crippen MR) is 99.3 cm³/mol. The van der Waals surface area contributed by atoms with Crippen molar-refractivity contribution >= 4 is 6.08 Å². The van der Waals surface area contributed by atoms with Gasteiger partial charge in [0.05, 0.1) is 33.1 Å². The molecule has 0 saturated carbocycles. The van der Waals surface area contributed by atoms with Crippen LogP contribution in [0.2, 0.25) is 0 Å². The average molecular weight is 361 g/mol. The third-order valence-corrected chi connectivity index (χ3v) is 3.78. The van der Waals surface area contributed by atoms with Gasteiger partial charge in [0, 0.05) is 12.7 Å². The molecule has 2 aromatic rings. The van der Waals surface area contributed by atoms with Crippen molar-refractivity contribution in [3.63, 3.8) is 0 Å². The van der Waals surface area contributed by atoms with E-state index < -0.39 is 0 Å². The van der Waals surface area contributed by atoms with Gasteiger partial charge in [-0.2, -0.15) is 0 Å². The van der Waals surface area contributed by atoms with Gasteiger partial charge in [0.1, 0.15) is 17.2 Å². The van der Waals surface area contributed by atoms with Crippen molar-refractivity contribution in [2.75, 3.05) is 27.4 Å². The number of hydrogen-bond acceptors (Lipinski definition) is 6. The molecule has 1 aromatic carbocycles. The number of aryl methyl sites for hydroxylation is 1. The first kappa shape index (κ1) is 19.9. The summed E-state index contributed by atoms with van der Waals surface area (Å²) < 4.78 is 23.6. The second kappa shape index (κ2) is 9.94. The van der Waals surface area contributed by atoms with Crippen LogP contribution in [0.15, 0.2) is 24.4 Å². The summed E-state index contributed by atoms with van der Waals surface area (Å²) in [5.41, 5.74) is 2.70. The van der Waals surface area contributed by atoms with Gasteiger partial charge in [0.2, 0.25) is 0 Å². The fourth-order valence-corrected chi connectivity index (χ4v) is 2.42. The maximum atomic E-state index is 6.11. The summed E-state index contributed by atoms with van der Waals surface area (Å²) in [4.78, 5) is 0. The van der Waals surface area contributed by atoms with Crippen LogP contribution in [0.5, 0.6) is 11.5 Å². The molecule has 26 heavy (non-hydrogen) atoms. The van der Waals surface area contributed by atoms with E-state index in [4.69, 9.17) is 18.9 Å². The summed E-state index contributed by atoms with van der Waals surface area (Å²) in [5, 5.41) is 8.24. The third-order valence-electron chi connectivity index (χ3n) is 3.78. The Morgan fingerprint density at radius 3 is 2.69 bits per heavy atom. The minimum atomic E-state index is -0.313. The number of ether oxygens (including phenoxy) is 4. The molecule has 1 unspecified atom stereocenters. The summed E-state index contributed by atoms with van der Waals surface area (Å²) in [6.45, 7) is 7.34. The van der Waals surface area contributed by atoms with E-state index in [9.17, 15) is 0 Å². The van der Waals surface area contributed by atoms with Crippen LogP contribution in [-0.2, 0) is 16.1 Å². The molecule has 0 spiro atoms. The first-order chi connectivity index (χ1) is 12.6. The minimum Gasteiger partial charge on any atom is -0.496 e. The van der Waals surface area contributed by atoms with Gasteiger partial charge in [-0.1, -0.05) is 17.4 Å². The molecule has 142 valence electrons. The second-order valence-corrected chi connectivity index (χ2v) is 5.81. The molecule has 0 bridgehead atoms. The Labute approximate surface area is 154 Å². The van der Waals surface area contributed by atoms with Crippen molar-refractivity contribution in [2.24, 2.45) is 0 Å². The molecule has 1 atom stereocenters. The van der Waals surface area contributed by atoms with E-state index in [-0.39, 0.29) is 6.23 Å². The summed E-state index contributed by atoms with van der Waals surface area (Å²) in [6.07, 6.45) is 5.46. The van der Waals surface area contributed by atoms with E-state index in [1.165, 1.54) is 0 Å². The number of aromatic nitrogens is 3. The quantitative estimate of drug-likeness (QED) is 0.604. The van der Waals surface area contributed by atoms with E-state index in [1.54, 1.807) is 18.9 Å². The van der Waals surface area contributed by atoms with Gasteiger partial charge >= 0.3 is 0 Å². The summed E-state index contributed by atoms with van der Waals surface area (Å²) in [5.74, 6) is 1.59. The highest BCUT2D eigenvalue weighted by molar-refractivity contribution is 5.61. The second-order valence-electron chi connectivity index (χ2n) is 5.81. The number of benzene rings is 1. The van der Waals surface area contributed by atoms with Crippen molar-refractivity contribution in [1.29, 1.82) is 0 Å². The van der Waals surface area contributed by atoms with Crippen LogP contribution >= 0.6 is 0 Å². The molecule has 1 aromatic heterocycles. The molecular weight excluding hydrogens is 334 g/mol. The Hall–Kier alpha value is -2.38. The third kappa shape index (κ3) is 5.31. The monoisotopic (exact) mass is 361 g/mol. The van der Waals surface area contributed by atoms with Gasteiger partial charge < -0.3 is 18.9 Å².